The molecule has 0 aromatic rings. The summed E-state index contributed by atoms with van der Waals surface area (Å²) in [6, 6.07) is 0.452. The summed E-state index contributed by atoms with van der Waals surface area (Å²) in [6.45, 7) is 3.49. The van der Waals surface area contributed by atoms with Crippen LogP contribution >= 0.6 is 0 Å². The Labute approximate surface area is 103 Å². The Bertz CT molecular complexity index is 266. The summed E-state index contributed by atoms with van der Waals surface area (Å²) in [5.74, 6) is 0.201. The maximum Gasteiger partial charge on any atom is 0.251 e. The third kappa shape index (κ3) is 2.99. The van der Waals surface area contributed by atoms with E-state index in [1.165, 1.54) is 6.42 Å². The van der Waals surface area contributed by atoms with Gasteiger partial charge in [0, 0.05) is 12.6 Å². The zero-order valence-electron chi connectivity index (χ0n) is 10.7. The molecule has 0 bridgehead atoms. The van der Waals surface area contributed by atoms with Crippen LogP contribution in [0.2, 0.25) is 0 Å². The number of amides is 1. The van der Waals surface area contributed by atoms with Crippen molar-refractivity contribution in [3.8, 4) is 0 Å². The molecule has 2 aliphatic rings. The van der Waals surface area contributed by atoms with E-state index in [1.807, 2.05) is 11.8 Å². The van der Waals surface area contributed by atoms with E-state index < -0.39 is 0 Å². The number of carbonyl (C=O) groups excluding carboxylic acids is 1. The second-order valence-corrected chi connectivity index (χ2v) is 5.27. The van der Waals surface area contributed by atoms with Crippen LogP contribution in [-0.2, 0) is 9.53 Å². The largest absolute Gasteiger partial charge is 0.365 e. The second kappa shape index (κ2) is 5.83. The molecule has 0 aromatic heterocycles. The van der Waals surface area contributed by atoms with Crippen molar-refractivity contribution in [3.63, 3.8) is 0 Å². The Balaban J connectivity index is 1.91. The van der Waals surface area contributed by atoms with E-state index in [2.05, 4.69) is 0 Å². The average Bonchev–Trinajstić information content (AvgIpc) is 2.67. The van der Waals surface area contributed by atoms with Crippen molar-refractivity contribution < 1.29 is 9.53 Å². The number of hydrogen-bond donors (Lipinski definition) is 1. The summed E-state index contributed by atoms with van der Waals surface area (Å²) in [7, 11) is 0. The van der Waals surface area contributed by atoms with Crippen molar-refractivity contribution in [1.82, 2.24) is 4.90 Å². The van der Waals surface area contributed by atoms with Crippen LogP contribution in [0.25, 0.3) is 0 Å². The number of hydrogen-bond acceptors (Lipinski definition) is 3. The standard InChI is InChI=1S/C13H24N2O2/c1-10-6-7-12(17-10)13(16)15(9-3-8-14)11-4-2-5-11/h10-12H,2-9,14H2,1H3. The third-order valence-electron chi connectivity index (χ3n) is 3.91. The van der Waals surface area contributed by atoms with Crippen LogP contribution in [0.3, 0.4) is 0 Å². The Morgan fingerprint density at radius 1 is 1.35 bits per heavy atom. The Morgan fingerprint density at radius 3 is 2.59 bits per heavy atom. The summed E-state index contributed by atoms with van der Waals surface area (Å²) in [4.78, 5) is 14.4. The average molecular weight is 240 g/mol. The number of ether oxygens (including phenoxy) is 1. The molecule has 1 saturated heterocycles. The Hall–Kier alpha value is -0.610. The van der Waals surface area contributed by atoms with E-state index in [9.17, 15) is 4.79 Å². The second-order valence-electron chi connectivity index (χ2n) is 5.27. The molecule has 1 heterocycles. The van der Waals surface area contributed by atoms with Gasteiger partial charge in [0.15, 0.2) is 0 Å². The highest BCUT2D eigenvalue weighted by Crippen LogP contribution is 2.28. The van der Waals surface area contributed by atoms with E-state index in [0.29, 0.717) is 12.6 Å². The van der Waals surface area contributed by atoms with Crippen molar-refractivity contribution in [2.75, 3.05) is 13.1 Å². The first-order chi connectivity index (χ1) is 8.22. The van der Waals surface area contributed by atoms with Gasteiger partial charge in [-0.3, -0.25) is 4.79 Å². The molecule has 0 spiro atoms. The van der Waals surface area contributed by atoms with Gasteiger partial charge in [-0.2, -0.15) is 0 Å². The van der Waals surface area contributed by atoms with Gasteiger partial charge in [-0.05, 0) is 52.0 Å². The fraction of sp³-hybridized carbons (Fsp3) is 0.923. The molecule has 2 rings (SSSR count). The van der Waals surface area contributed by atoms with Crippen LogP contribution in [0.1, 0.15) is 45.4 Å². The quantitative estimate of drug-likeness (QED) is 0.787. The molecule has 1 aliphatic carbocycles. The highest BCUT2D eigenvalue weighted by atomic mass is 16.5. The first-order valence-corrected chi connectivity index (χ1v) is 6.88. The van der Waals surface area contributed by atoms with Gasteiger partial charge in [0.1, 0.15) is 6.10 Å². The van der Waals surface area contributed by atoms with Crippen LogP contribution in [0.5, 0.6) is 0 Å². The first-order valence-electron chi connectivity index (χ1n) is 6.88. The van der Waals surface area contributed by atoms with Gasteiger partial charge in [-0.25, -0.2) is 0 Å². The zero-order valence-corrected chi connectivity index (χ0v) is 10.7. The van der Waals surface area contributed by atoms with E-state index >= 15 is 0 Å². The van der Waals surface area contributed by atoms with Gasteiger partial charge in [-0.15, -0.1) is 0 Å². The topological polar surface area (TPSA) is 55.6 Å². The Morgan fingerprint density at radius 2 is 2.12 bits per heavy atom. The van der Waals surface area contributed by atoms with Crippen molar-refractivity contribution in [2.45, 2.75) is 63.7 Å². The zero-order chi connectivity index (χ0) is 12.3. The van der Waals surface area contributed by atoms with Gasteiger partial charge < -0.3 is 15.4 Å². The lowest BCUT2D eigenvalue weighted by atomic mass is 9.91. The molecule has 4 nitrogen and oxygen atoms in total. The van der Waals surface area contributed by atoms with Crippen molar-refractivity contribution in [1.29, 1.82) is 0 Å². The fourth-order valence-electron chi connectivity index (χ4n) is 2.60. The normalized spacial score (nSPS) is 29.1. The lowest BCUT2D eigenvalue weighted by Gasteiger charge is -2.38. The highest BCUT2D eigenvalue weighted by molar-refractivity contribution is 5.81. The molecule has 2 atom stereocenters. The lowest BCUT2D eigenvalue weighted by Crippen LogP contribution is -2.49. The molecule has 1 saturated carbocycles. The summed E-state index contributed by atoms with van der Waals surface area (Å²) in [6.07, 6.45) is 6.38. The monoisotopic (exact) mass is 240 g/mol. The van der Waals surface area contributed by atoms with Crippen LogP contribution in [0.15, 0.2) is 0 Å². The molecule has 0 radical (unpaired) electrons. The first kappa shape index (κ1) is 12.8. The number of nitrogens with zero attached hydrogens (tertiary/aromatic N) is 1. The summed E-state index contributed by atoms with van der Waals surface area (Å²) < 4.78 is 5.68. The maximum absolute atomic E-state index is 12.4. The van der Waals surface area contributed by atoms with E-state index in [-0.39, 0.29) is 18.1 Å². The molecule has 4 heteroatoms. The van der Waals surface area contributed by atoms with Gasteiger partial charge in [-0.1, -0.05) is 0 Å². The van der Waals surface area contributed by atoms with Gasteiger partial charge in [0.25, 0.3) is 5.91 Å². The lowest BCUT2D eigenvalue weighted by molar-refractivity contribution is -0.146. The van der Waals surface area contributed by atoms with Crippen molar-refractivity contribution in [2.24, 2.45) is 5.73 Å². The van der Waals surface area contributed by atoms with E-state index in [4.69, 9.17) is 10.5 Å². The minimum atomic E-state index is -0.191. The van der Waals surface area contributed by atoms with Crippen molar-refractivity contribution >= 4 is 5.91 Å². The van der Waals surface area contributed by atoms with E-state index in [0.717, 1.165) is 38.6 Å². The molecule has 1 amide bonds. The molecule has 1 aliphatic heterocycles. The molecule has 2 N–H and O–H groups in total. The fourth-order valence-corrected chi connectivity index (χ4v) is 2.60. The van der Waals surface area contributed by atoms with Crippen LogP contribution in [0, 0.1) is 0 Å². The maximum atomic E-state index is 12.4. The summed E-state index contributed by atoms with van der Waals surface area (Å²) >= 11 is 0. The minimum Gasteiger partial charge on any atom is -0.365 e. The van der Waals surface area contributed by atoms with Gasteiger partial charge >= 0.3 is 0 Å². The molecule has 17 heavy (non-hydrogen) atoms. The minimum absolute atomic E-state index is 0.191. The third-order valence-corrected chi connectivity index (χ3v) is 3.91. The summed E-state index contributed by atoms with van der Waals surface area (Å²) in [5, 5.41) is 0. The predicted molar refractivity (Wildman–Crippen MR) is 66.6 cm³/mol. The molecule has 0 aromatic carbocycles. The molecule has 2 unspecified atom stereocenters. The van der Waals surface area contributed by atoms with Gasteiger partial charge in [0.2, 0.25) is 0 Å². The van der Waals surface area contributed by atoms with Gasteiger partial charge in [0.05, 0.1) is 6.10 Å². The van der Waals surface area contributed by atoms with Crippen molar-refractivity contribution in [3.05, 3.63) is 0 Å². The number of carbonyl (C=O) groups is 1. The van der Waals surface area contributed by atoms with Crippen LogP contribution in [0.4, 0.5) is 0 Å². The smallest absolute Gasteiger partial charge is 0.251 e. The number of nitrogens with two attached hydrogens (primary N) is 1. The summed E-state index contributed by atoms with van der Waals surface area (Å²) in [5.41, 5.74) is 5.54. The predicted octanol–water partition coefficient (Wildman–Crippen LogP) is 1.28. The van der Waals surface area contributed by atoms with Crippen LogP contribution < -0.4 is 5.73 Å². The SMILES string of the molecule is CC1CCC(C(=O)N(CCCN)C2CCC2)O1. The molecule has 98 valence electrons. The van der Waals surface area contributed by atoms with E-state index in [1.54, 1.807) is 0 Å². The molecular weight excluding hydrogens is 216 g/mol. The molecular formula is C13H24N2O2. The highest BCUT2D eigenvalue weighted by Gasteiger charge is 2.36. The Kier molecular flexibility index (Phi) is 4.40. The van der Waals surface area contributed by atoms with Crippen LogP contribution in [-0.4, -0.2) is 42.1 Å². The number of rotatable bonds is 5. The molecule has 2 fully saturated rings.